The number of urea groups is 1. The Morgan fingerprint density at radius 1 is 1.37 bits per heavy atom. The topological polar surface area (TPSA) is 133 Å². The first-order valence-corrected chi connectivity index (χ1v) is 11.4. The van der Waals surface area contributed by atoms with Crippen LogP contribution in [0.15, 0.2) is 24.4 Å². The molecule has 2 N–H and O–H groups in total. The van der Waals surface area contributed by atoms with Gasteiger partial charge in [-0.25, -0.2) is 14.8 Å². The molecule has 5 rings (SSSR count). The Hall–Kier alpha value is -3.59. The van der Waals surface area contributed by atoms with Crippen LogP contribution in [-0.4, -0.2) is 80.7 Å². The number of nitrogens with zero attached hydrogens (tertiary/aromatic N) is 5. The summed E-state index contributed by atoms with van der Waals surface area (Å²) in [5.74, 6) is 0.715. The van der Waals surface area contributed by atoms with Gasteiger partial charge in [0.05, 0.1) is 24.5 Å². The molecule has 3 aliphatic rings. The Labute approximate surface area is 204 Å². The third-order valence-electron chi connectivity index (χ3n) is 6.25. The number of hydrogen-bond acceptors (Lipinski definition) is 9. The molecule has 2 aromatic rings. The number of hydrogen-bond donors (Lipinski definition) is 2. The van der Waals surface area contributed by atoms with E-state index >= 15 is 0 Å². The number of nitrogens with one attached hydrogen (secondary N) is 2. The first-order chi connectivity index (χ1) is 16.9. The van der Waals surface area contributed by atoms with E-state index in [0.29, 0.717) is 61.8 Å². The second-order valence-corrected chi connectivity index (χ2v) is 8.88. The van der Waals surface area contributed by atoms with Crippen molar-refractivity contribution in [2.75, 3.05) is 63.0 Å². The molecule has 2 amide bonds. The smallest absolute Gasteiger partial charge is 0.328 e. The van der Waals surface area contributed by atoms with Crippen molar-refractivity contribution in [3.8, 4) is 6.07 Å². The summed E-state index contributed by atoms with van der Waals surface area (Å²) in [4.78, 5) is 37.1. The monoisotopic (exact) mass is 479 g/mol. The Bertz CT molecular complexity index is 1140. The number of pyridine rings is 2. The van der Waals surface area contributed by atoms with Crippen LogP contribution in [0.2, 0.25) is 0 Å². The van der Waals surface area contributed by atoms with Crippen LogP contribution in [0, 0.1) is 11.3 Å². The van der Waals surface area contributed by atoms with Crippen molar-refractivity contribution in [2.45, 2.75) is 24.5 Å². The maximum atomic E-state index is 13.4. The average Bonchev–Trinajstić information content (AvgIpc) is 2.82. The molecule has 11 nitrogen and oxygen atoms in total. The standard InChI is InChI=1S/C24H29N7O4/c1-30(2)7-9-35-24-11-18(12-24)31(22-19(24)5-4-17(15-32)28-22)23(33)29-21-10-20(26-6-8-34-3)16(13-25)14-27-21/h4-5,10,14-15,18H,6-9,11-12H2,1-3H3,(H2,26,27,29,33). The highest BCUT2D eigenvalue weighted by Gasteiger charge is 2.57. The zero-order chi connectivity index (χ0) is 25.0. The third-order valence-corrected chi connectivity index (χ3v) is 6.25. The molecule has 0 radical (unpaired) electrons. The van der Waals surface area contributed by atoms with E-state index in [4.69, 9.17) is 9.47 Å². The minimum Gasteiger partial charge on any atom is -0.383 e. The molecule has 11 heteroatoms. The molecule has 0 aromatic carbocycles. The first kappa shape index (κ1) is 24.5. The SMILES string of the molecule is COCCNc1cc(NC(=O)N2c3nc(C=O)ccc3C3(OCCN(C)C)CC2C3)ncc1C#N. The summed E-state index contributed by atoms with van der Waals surface area (Å²) in [6.45, 7) is 2.29. The van der Waals surface area contributed by atoms with Crippen molar-refractivity contribution in [3.63, 3.8) is 0 Å². The Kier molecular flexibility index (Phi) is 7.25. The quantitative estimate of drug-likeness (QED) is 0.389. The minimum absolute atomic E-state index is 0.117. The van der Waals surface area contributed by atoms with Crippen molar-refractivity contribution in [1.29, 1.82) is 5.26 Å². The number of amides is 2. The molecule has 2 aromatic heterocycles. The van der Waals surface area contributed by atoms with Gasteiger partial charge in [-0.05, 0) is 20.2 Å². The van der Waals surface area contributed by atoms with Crippen molar-refractivity contribution in [2.24, 2.45) is 0 Å². The summed E-state index contributed by atoms with van der Waals surface area (Å²) in [5.41, 5.74) is 1.44. The molecular formula is C24H29N7O4. The van der Waals surface area contributed by atoms with Crippen molar-refractivity contribution in [3.05, 3.63) is 41.2 Å². The van der Waals surface area contributed by atoms with Crippen LogP contribution in [0.1, 0.15) is 34.5 Å². The number of carbonyl (C=O) groups excluding carboxylic acids is 2. The molecule has 0 saturated heterocycles. The van der Waals surface area contributed by atoms with Gasteiger partial charge in [0, 0.05) is 56.9 Å². The van der Waals surface area contributed by atoms with Gasteiger partial charge in [-0.15, -0.1) is 0 Å². The lowest BCUT2D eigenvalue weighted by molar-refractivity contribution is -0.123. The van der Waals surface area contributed by atoms with Gasteiger partial charge < -0.3 is 19.7 Å². The van der Waals surface area contributed by atoms with Crippen LogP contribution in [0.3, 0.4) is 0 Å². The zero-order valence-electron chi connectivity index (χ0n) is 20.1. The van der Waals surface area contributed by atoms with Crippen molar-refractivity contribution in [1.82, 2.24) is 14.9 Å². The number of rotatable bonds is 10. The van der Waals surface area contributed by atoms with E-state index < -0.39 is 11.6 Å². The van der Waals surface area contributed by atoms with Crippen LogP contribution in [0.25, 0.3) is 0 Å². The number of aldehydes is 1. The van der Waals surface area contributed by atoms with Gasteiger partial charge in [0.25, 0.3) is 0 Å². The van der Waals surface area contributed by atoms with Crippen LogP contribution < -0.4 is 15.5 Å². The number of nitriles is 1. The molecule has 0 spiro atoms. The molecule has 35 heavy (non-hydrogen) atoms. The molecule has 2 bridgehead atoms. The Morgan fingerprint density at radius 3 is 2.86 bits per heavy atom. The number of ether oxygens (including phenoxy) is 2. The van der Waals surface area contributed by atoms with E-state index in [1.54, 1.807) is 24.1 Å². The molecule has 1 fully saturated rings. The number of aromatic nitrogens is 2. The predicted octanol–water partition coefficient (Wildman–Crippen LogP) is 2.21. The van der Waals surface area contributed by atoms with E-state index in [-0.39, 0.29) is 11.7 Å². The van der Waals surface area contributed by atoms with Crippen LogP contribution >= 0.6 is 0 Å². The normalized spacial score (nSPS) is 20.0. The lowest BCUT2D eigenvalue weighted by Gasteiger charge is -2.56. The molecule has 2 aliphatic heterocycles. The van der Waals surface area contributed by atoms with E-state index in [9.17, 15) is 14.9 Å². The summed E-state index contributed by atoms with van der Waals surface area (Å²) < 4.78 is 11.3. The maximum absolute atomic E-state index is 13.4. The first-order valence-electron chi connectivity index (χ1n) is 11.4. The number of carbonyl (C=O) groups is 2. The summed E-state index contributed by atoms with van der Waals surface area (Å²) >= 11 is 0. The maximum Gasteiger partial charge on any atom is 0.328 e. The lowest BCUT2D eigenvalue weighted by Crippen LogP contribution is -2.62. The highest BCUT2D eigenvalue weighted by molar-refractivity contribution is 6.03. The predicted molar refractivity (Wildman–Crippen MR) is 130 cm³/mol. The summed E-state index contributed by atoms with van der Waals surface area (Å²) in [5, 5.41) is 15.3. The lowest BCUT2D eigenvalue weighted by atomic mass is 9.67. The molecule has 1 aliphatic carbocycles. The van der Waals surface area contributed by atoms with Gasteiger partial charge in [0.15, 0.2) is 6.29 Å². The Morgan fingerprint density at radius 2 is 2.17 bits per heavy atom. The van der Waals surface area contributed by atoms with E-state index in [1.807, 2.05) is 25.1 Å². The molecule has 0 unspecified atom stereocenters. The van der Waals surface area contributed by atoms with E-state index in [0.717, 1.165) is 12.1 Å². The van der Waals surface area contributed by atoms with Gasteiger partial charge in [0.2, 0.25) is 0 Å². The summed E-state index contributed by atoms with van der Waals surface area (Å²) in [6, 6.07) is 6.65. The van der Waals surface area contributed by atoms with Gasteiger partial charge in [-0.3, -0.25) is 15.0 Å². The largest absolute Gasteiger partial charge is 0.383 e. The molecular weight excluding hydrogens is 450 g/mol. The summed E-state index contributed by atoms with van der Waals surface area (Å²) in [7, 11) is 5.56. The van der Waals surface area contributed by atoms with E-state index in [1.165, 1.54) is 6.20 Å². The van der Waals surface area contributed by atoms with Crippen LogP contribution in [0.5, 0.6) is 0 Å². The van der Waals surface area contributed by atoms with Gasteiger partial charge in [-0.2, -0.15) is 5.26 Å². The number of methoxy groups -OCH3 is 1. The molecule has 0 atom stereocenters. The van der Waals surface area contributed by atoms with Crippen LogP contribution in [-0.2, 0) is 15.1 Å². The molecule has 4 heterocycles. The van der Waals surface area contributed by atoms with Gasteiger partial charge >= 0.3 is 6.03 Å². The number of anilines is 3. The summed E-state index contributed by atoms with van der Waals surface area (Å²) in [6.07, 6.45) is 3.36. The molecule has 184 valence electrons. The minimum atomic E-state index is -0.508. The third kappa shape index (κ3) is 4.95. The van der Waals surface area contributed by atoms with Gasteiger partial charge in [0.1, 0.15) is 29.0 Å². The fourth-order valence-electron chi connectivity index (χ4n) is 4.44. The second-order valence-electron chi connectivity index (χ2n) is 8.88. The Balaban J connectivity index is 1.57. The van der Waals surface area contributed by atoms with Gasteiger partial charge in [-0.1, -0.05) is 6.07 Å². The van der Waals surface area contributed by atoms with E-state index in [2.05, 4.69) is 26.7 Å². The fraction of sp³-hybridized carbons (Fsp3) is 0.458. The fourth-order valence-corrected chi connectivity index (χ4v) is 4.44. The zero-order valence-corrected chi connectivity index (χ0v) is 20.1. The van der Waals surface area contributed by atoms with Crippen molar-refractivity contribution < 1.29 is 19.1 Å². The molecule has 1 saturated carbocycles. The second kappa shape index (κ2) is 10.4. The highest BCUT2D eigenvalue weighted by Crippen LogP contribution is 2.55. The van der Waals surface area contributed by atoms with Crippen LogP contribution in [0.4, 0.5) is 22.1 Å². The number of likely N-dealkylation sites (N-methyl/N-ethyl adjacent to an activating group) is 1. The highest BCUT2D eigenvalue weighted by atomic mass is 16.5. The van der Waals surface area contributed by atoms with Crippen molar-refractivity contribution >= 4 is 29.6 Å². The average molecular weight is 480 g/mol.